The summed E-state index contributed by atoms with van der Waals surface area (Å²) in [5.74, 6) is 0. The topological polar surface area (TPSA) is 64.4 Å². The third-order valence-corrected chi connectivity index (χ3v) is 7.99. The van der Waals surface area contributed by atoms with Crippen LogP contribution in [0.4, 0.5) is 0 Å². The van der Waals surface area contributed by atoms with Gasteiger partial charge in [-0.25, -0.2) is 8.42 Å². The van der Waals surface area contributed by atoms with Crippen LogP contribution in [0.3, 0.4) is 0 Å². The highest BCUT2D eigenvalue weighted by Gasteiger charge is 2.30. The van der Waals surface area contributed by atoms with Crippen LogP contribution >= 0.6 is 51.9 Å². The largest absolute Gasteiger partial charge is 0.304 e. The first-order chi connectivity index (χ1) is 13.3. The lowest BCUT2D eigenvalue weighted by Gasteiger charge is -2.32. The van der Waals surface area contributed by atoms with E-state index in [4.69, 9.17) is 28.5 Å². The molecule has 10 heteroatoms. The molecule has 1 aliphatic rings. The van der Waals surface area contributed by atoms with Gasteiger partial charge in [0, 0.05) is 46.0 Å². The van der Waals surface area contributed by atoms with Gasteiger partial charge < -0.3 is 4.90 Å². The van der Waals surface area contributed by atoms with Gasteiger partial charge in [0.15, 0.2) is 0 Å². The number of sulfonamides is 1. The Kier molecular flexibility index (Phi) is 8.86. The Bertz CT molecular complexity index is 1000. The predicted molar refractivity (Wildman–Crippen MR) is 123 cm³/mol. The standard InChI is InChI=1S/C19H19Cl2N3O2S2.BrH/c1-23-6-8-24(9-7-23)28(25,26)19-10-14(4-5-22)2-3-18(19)27-17-12-15(20)11-16(21)13-17;/h2-3,10-13H,4,6-9H2,1H3;1H. The van der Waals surface area contributed by atoms with Gasteiger partial charge >= 0.3 is 0 Å². The number of nitrogens with zero attached hydrogens (tertiary/aromatic N) is 3. The minimum Gasteiger partial charge on any atom is -0.304 e. The van der Waals surface area contributed by atoms with Crippen molar-refractivity contribution in [3.05, 3.63) is 52.0 Å². The second kappa shape index (κ2) is 10.5. The number of hydrogen-bond acceptors (Lipinski definition) is 5. The Hall–Kier alpha value is -0.790. The molecule has 156 valence electrons. The van der Waals surface area contributed by atoms with Crippen LogP contribution in [0.25, 0.3) is 0 Å². The Morgan fingerprint density at radius 2 is 1.69 bits per heavy atom. The van der Waals surface area contributed by atoms with Crippen molar-refractivity contribution in [2.24, 2.45) is 0 Å². The lowest BCUT2D eigenvalue weighted by atomic mass is 10.2. The van der Waals surface area contributed by atoms with Gasteiger partial charge in [-0.15, -0.1) is 17.0 Å². The maximum absolute atomic E-state index is 13.4. The first kappa shape index (κ1) is 24.5. The van der Waals surface area contributed by atoms with Crippen molar-refractivity contribution >= 4 is 62.0 Å². The van der Waals surface area contributed by atoms with Crippen molar-refractivity contribution in [3.8, 4) is 6.07 Å². The average Bonchev–Trinajstić information content (AvgIpc) is 2.62. The maximum atomic E-state index is 13.4. The van der Waals surface area contributed by atoms with Crippen LogP contribution in [-0.2, 0) is 16.4 Å². The molecule has 0 aliphatic carbocycles. The van der Waals surface area contributed by atoms with Crippen molar-refractivity contribution in [2.45, 2.75) is 21.1 Å². The number of nitriles is 1. The quantitative estimate of drug-likeness (QED) is 0.553. The van der Waals surface area contributed by atoms with E-state index in [0.717, 1.165) is 4.90 Å². The number of rotatable bonds is 5. The first-order valence-electron chi connectivity index (χ1n) is 8.62. The van der Waals surface area contributed by atoms with Crippen LogP contribution in [0.5, 0.6) is 0 Å². The van der Waals surface area contributed by atoms with E-state index in [1.54, 1.807) is 36.4 Å². The first-order valence-corrected chi connectivity index (χ1v) is 11.6. The Morgan fingerprint density at radius 3 is 2.28 bits per heavy atom. The smallest absolute Gasteiger partial charge is 0.244 e. The fourth-order valence-corrected chi connectivity index (χ4v) is 6.48. The second-order valence-electron chi connectivity index (χ2n) is 6.53. The molecule has 1 aliphatic heterocycles. The maximum Gasteiger partial charge on any atom is 0.244 e. The van der Waals surface area contributed by atoms with Gasteiger partial charge in [-0.3, -0.25) is 0 Å². The Morgan fingerprint density at radius 1 is 1.07 bits per heavy atom. The zero-order chi connectivity index (χ0) is 20.3. The summed E-state index contributed by atoms with van der Waals surface area (Å²) in [7, 11) is -1.71. The summed E-state index contributed by atoms with van der Waals surface area (Å²) in [6, 6.07) is 12.3. The highest BCUT2D eigenvalue weighted by Crippen LogP contribution is 2.37. The van der Waals surface area contributed by atoms with E-state index in [9.17, 15) is 8.42 Å². The molecule has 0 bridgehead atoms. The van der Waals surface area contributed by atoms with Crippen molar-refractivity contribution in [1.29, 1.82) is 5.26 Å². The van der Waals surface area contributed by atoms with E-state index in [1.165, 1.54) is 16.1 Å². The number of benzene rings is 2. The fraction of sp³-hybridized carbons (Fsp3) is 0.316. The zero-order valence-electron chi connectivity index (χ0n) is 15.6. The minimum absolute atomic E-state index is 0. The molecule has 1 heterocycles. The number of hydrogen-bond donors (Lipinski definition) is 0. The molecule has 0 saturated carbocycles. The van der Waals surface area contributed by atoms with Gasteiger partial charge in [0.1, 0.15) is 0 Å². The van der Waals surface area contributed by atoms with Crippen molar-refractivity contribution in [3.63, 3.8) is 0 Å². The fourth-order valence-electron chi connectivity index (χ4n) is 2.92. The molecular weight excluding hydrogens is 517 g/mol. The van der Waals surface area contributed by atoms with Crippen LogP contribution in [-0.4, -0.2) is 50.8 Å². The summed E-state index contributed by atoms with van der Waals surface area (Å²) in [6.45, 7) is 2.25. The molecule has 0 aromatic heterocycles. The monoisotopic (exact) mass is 535 g/mol. The van der Waals surface area contributed by atoms with Crippen molar-refractivity contribution in [2.75, 3.05) is 33.2 Å². The summed E-state index contributed by atoms with van der Waals surface area (Å²) in [5, 5.41) is 9.98. The highest BCUT2D eigenvalue weighted by atomic mass is 79.9. The molecule has 0 spiro atoms. The summed E-state index contributed by atoms with van der Waals surface area (Å²) in [5.41, 5.74) is 0.670. The SMILES string of the molecule is Br.CN1CCN(S(=O)(=O)c2cc(CC#N)ccc2Sc2cc(Cl)cc(Cl)c2)CC1. The lowest BCUT2D eigenvalue weighted by molar-refractivity contribution is 0.222. The van der Waals surface area contributed by atoms with Crippen molar-refractivity contribution in [1.82, 2.24) is 9.21 Å². The predicted octanol–water partition coefficient (Wildman–Crippen LogP) is 4.72. The van der Waals surface area contributed by atoms with Gasteiger partial charge in [0.2, 0.25) is 10.0 Å². The third-order valence-electron chi connectivity index (χ3n) is 4.44. The molecule has 2 aromatic carbocycles. The van der Waals surface area contributed by atoms with Crippen LogP contribution < -0.4 is 0 Å². The van der Waals surface area contributed by atoms with Crippen LogP contribution in [0.15, 0.2) is 51.1 Å². The average molecular weight is 537 g/mol. The van der Waals surface area contributed by atoms with Gasteiger partial charge in [-0.2, -0.15) is 9.57 Å². The molecule has 0 amide bonds. The zero-order valence-corrected chi connectivity index (χ0v) is 20.5. The molecule has 5 nitrogen and oxygen atoms in total. The number of likely N-dealkylation sites (N-methyl/N-ethyl adjacent to an activating group) is 1. The van der Waals surface area contributed by atoms with Crippen LogP contribution in [0.2, 0.25) is 10.0 Å². The Labute approximate surface area is 196 Å². The number of halogens is 3. The van der Waals surface area contributed by atoms with E-state index in [1.807, 2.05) is 7.05 Å². The molecule has 2 aromatic rings. The second-order valence-corrected chi connectivity index (χ2v) is 10.4. The van der Waals surface area contributed by atoms with Crippen molar-refractivity contribution < 1.29 is 8.42 Å². The summed E-state index contributed by atoms with van der Waals surface area (Å²) >= 11 is 13.5. The van der Waals surface area contributed by atoms with Crippen LogP contribution in [0, 0.1) is 11.3 Å². The molecule has 0 radical (unpaired) electrons. The molecular formula is C19H20BrCl2N3O2S2. The Balaban J connectivity index is 0.00000300. The molecule has 3 rings (SSSR count). The summed E-state index contributed by atoms with van der Waals surface area (Å²) < 4.78 is 28.2. The molecule has 1 saturated heterocycles. The summed E-state index contributed by atoms with van der Waals surface area (Å²) in [4.78, 5) is 3.65. The van der Waals surface area contributed by atoms with Crippen LogP contribution in [0.1, 0.15) is 5.56 Å². The van der Waals surface area contributed by atoms with Gasteiger partial charge in [0.05, 0.1) is 17.4 Å². The van der Waals surface area contributed by atoms with E-state index in [-0.39, 0.29) is 28.3 Å². The summed E-state index contributed by atoms with van der Waals surface area (Å²) in [6.07, 6.45) is 0.152. The van der Waals surface area contributed by atoms with E-state index in [2.05, 4.69) is 11.0 Å². The molecule has 0 unspecified atom stereocenters. The third kappa shape index (κ3) is 6.11. The van der Waals surface area contributed by atoms with E-state index < -0.39 is 10.0 Å². The van der Waals surface area contributed by atoms with E-state index >= 15 is 0 Å². The highest BCUT2D eigenvalue weighted by molar-refractivity contribution is 8.93. The normalized spacial score (nSPS) is 15.5. The van der Waals surface area contributed by atoms with Gasteiger partial charge in [0.25, 0.3) is 0 Å². The van der Waals surface area contributed by atoms with E-state index in [0.29, 0.717) is 46.7 Å². The van der Waals surface area contributed by atoms with Gasteiger partial charge in [-0.1, -0.05) is 41.0 Å². The minimum atomic E-state index is -3.69. The van der Waals surface area contributed by atoms with Gasteiger partial charge in [-0.05, 0) is 42.9 Å². The molecule has 1 fully saturated rings. The lowest BCUT2D eigenvalue weighted by Crippen LogP contribution is -2.47. The molecule has 0 N–H and O–H groups in total. The number of piperazine rings is 1. The molecule has 0 atom stereocenters. The molecule has 29 heavy (non-hydrogen) atoms.